The number of aliphatic hydroxyl groups excluding tert-OH is 1. The monoisotopic (exact) mass is 254 g/mol. The summed E-state index contributed by atoms with van der Waals surface area (Å²) in [5, 5.41) is 9.65. The van der Waals surface area contributed by atoms with Gasteiger partial charge in [-0.1, -0.05) is 6.92 Å². The molecule has 0 radical (unpaired) electrons. The van der Waals surface area contributed by atoms with Gasteiger partial charge in [-0.05, 0) is 12.3 Å². The van der Waals surface area contributed by atoms with Crippen molar-refractivity contribution in [1.82, 2.24) is 9.80 Å². The molecular formula is C13H22N2O3. The number of carbonyl (C=O) groups excluding carboxylic acids is 2. The van der Waals surface area contributed by atoms with Gasteiger partial charge in [0.1, 0.15) is 5.78 Å². The van der Waals surface area contributed by atoms with Crippen LogP contribution in [-0.4, -0.2) is 65.4 Å². The zero-order chi connectivity index (χ0) is 13.1. The quantitative estimate of drug-likeness (QED) is 0.746. The van der Waals surface area contributed by atoms with Gasteiger partial charge in [-0.25, -0.2) is 0 Å². The highest BCUT2D eigenvalue weighted by Crippen LogP contribution is 2.16. The number of aliphatic hydroxyl groups is 1. The Hall–Kier alpha value is -0.940. The highest BCUT2D eigenvalue weighted by Gasteiger charge is 2.27. The molecule has 2 fully saturated rings. The molecule has 0 aromatic carbocycles. The summed E-state index contributed by atoms with van der Waals surface area (Å²) in [6.45, 7) is 5.14. The first kappa shape index (κ1) is 13.5. The highest BCUT2D eigenvalue weighted by molar-refractivity contribution is 5.84. The maximum atomic E-state index is 12.1. The maximum Gasteiger partial charge on any atom is 0.236 e. The van der Waals surface area contributed by atoms with Gasteiger partial charge < -0.3 is 10.0 Å². The van der Waals surface area contributed by atoms with E-state index in [1.807, 2.05) is 6.92 Å². The van der Waals surface area contributed by atoms with Crippen molar-refractivity contribution in [2.24, 2.45) is 5.92 Å². The topological polar surface area (TPSA) is 60.9 Å². The van der Waals surface area contributed by atoms with E-state index in [1.54, 1.807) is 4.90 Å². The molecular weight excluding hydrogens is 232 g/mol. The van der Waals surface area contributed by atoms with E-state index in [-0.39, 0.29) is 23.7 Å². The lowest BCUT2D eigenvalue weighted by atomic mass is 9.97. The van der Waals surface area contributed by atoms with E-state index >= 15 is 0 Å². The van der Waals surface area contributed by atoms with Gasteiger partial charge in [-0.15, -0.1) is 0 Å². The number of carbonyl (C=O) groups is 2. The fourth-order valence-electron chi connectivity index (χ4n) is 2.66. The number of ketones is 1. The summed E-state index contributed by atoms with van der Waals surface area (Å²) in [6.07, 6.45) is 1.51. The zero-order valence-corrected chi connectivity index (χ0v) is 11.0. The van der Waals surface area contributed by atoms with E-state index in [0.717, 1.165) is 19.5 Å². The predicted molar refractivity (Wildman–Crippen MR) is 67.0 cm³/mol. The van der Waals surface area contributed by atoms with Crippen LogP contribution in [0.2, 0.25) is 0 Å². The van der Waals surface area contributed by atoms with Gasteiger partial charge in [0.25, 0.3) is 0 Å². The first-order valence-corrected chi connectivity index (χ1v) is 6.76. The van der Waals surface area contributed by atoms with Gasteiger partial charge in [0.2, 0.25) is 5.91 Å². The highest BCUT2D eigenvalue weighted by atomic mass is 16.3. The van der Waals surface area contributed by atoms with Gasteiger partial charge in [-0.3, -0.25) is 14.5 Å². The normalized spacial score (nSPS) is 30.6. The number of hydrogen-bond donors (Lipinski definition) is 1. The Morgan fingerprint density at radius 2 is 2.00 bits per heavy atom. The van der Waals surface area contributed by atoms with Gasteiger partial charge in [0, 0.05) is 39.0 Å². The van der Waals surface area contributed by atoms with Crippen LogP contribution in [0.5, 0.6) is 0 Å². The Morgan fingerprint density at radius 1 is 1.33 bits per heavy atom. The Morgan fingerprint density at radius 3 is 2.61 bits per heavy atom. The first-order chi connectivity index (χ1) is 8.56. The molecule has 2 unspecified atom stereocenters. The van der Waals surface area contributed by atoms with E-state index in [0.29, 0.717) is 32.5 Å². The predicted octanol–water partition coefficient (Wildman–Crippen LogP) is -0.119. The van der Waals surface area contributed by atoms with Gasteiger partial charge in [-0.2, -0.15) is 0 Å². The van der Waals surface area contributed by atoms with Crippen molar-refractivity contribution in [3.8, 4) is 0 Å². The molecule has 2 atom stereocenters. The van der Waals surface area contributed by atoms with Gasteiger partial charge >= 0.3 is 0 Å². The summed E-state index contributed by atoms with van der Waals surface area (Å²) in [6, 6.07) is 0. The van der Waals surface area contributed by atoms with E-state index in [4.69, 9.17) is 0 Å². The standard InChI is InChI=1S/C13H22N2O3/c1-10-8-14(5-4-12(10)17)9-13(18)15-6-2-11(16)3-7-15/h10,12,17H,2-9H2,1H3. The molecule has 0 aromatic rings. The molecule has 0 bridgehead atoms. The molecule has 0 saturated carbocycles. The average Bonchev–Trinajstić information content (AvgIpc) is 2.34. The third kappa shape index (κ3) is 3.29. The van der Waals surface area contributed by atoms with Gasteiger partial charge in [0.15, 0.2) is 0 Å². The molecule has 0 aliphatic carbocycles. The Balaban J connectivity index is 1.79. The summed E-state index contributed by atoms with van der Waals surface area (Å²) in [5.74, 6) is 0.606. The molecule has 1 amide bonds. The van der Waals surface area contributed by atoms with Crippen molar-refractivity contribution < 1.29 is 14.7 Å². The largest absolute Gasteiger partial charge is 0.393 e. The second-order valence-electron chi connectivity index (χ2n) is 5.49. The van der Waals surface area contributed by atoms with Crippen LogP contribution < -0.4 is 0 Å². The number of rotatable bonds is 2. The van der Waals surface area contributed by atoms with Crippen LogP contribution in [0.3, 0.4) is 0 Å². The third-order valence-electron chi connectivity index (χ3n) is 3.98. The van der Waals surface area contributed by atoms with E-state index in [9.17, 15) is 14.7 Å². The van der Waals surface area contributed by atoms with Crippen molar-refractivity contribution in [1.29, 1.82) is 0 Å². The second kappa shape index (κ2) is 5.80. The van der Waals surface area contributed by atoms with E-state index < -0.39 is 0 Å². The molecule has 0 aromatic heterocycles. The molecule has 2 rings (SSSR count). The van der Waals surface area contributed by atoms with Crippen molar-refractivity contribution in [3.63, 3.8) is 0 Å². The van der Waals surface area contributed by atoms with Crippen LogP contribution in [0, 0.1) is 5.92 Å². The molecule has 2 aliphatic heterocycles. The van der Waals surface area contributed by atoms with Crippen LogP contribution in [0.25, 0.3) is 0 Å². The lowest BCUT2D eigenvalue weighted by Crippen LogP contribution is -2.48. The first-order valence-electron chi connectivity index (χ1n) is 6.76. The fourth-order valence-corrected chi connectivity index (χ4v) is 2.66. The molecule has 5 heteroatoms. The average molecular weight is 254 g/mol. The van der Waals surface area contributed by atoms with Crippen LogP contribution >= 0.6 is 0 Å². The smallest absolute Gasteiger partial charge is 0.236 e. The minimum atomic E-state index is -0.232. The Bertz CT molecular complexity index is 322. The Kier molecular flexibility index (Phi) is 4.35. The van der Waals surface area contributed by atoms with Crippen molar-refractivity contribution in [2.45, 2.75) is 32.3 Å². The number of hydrogen-bond acceptors (Lipinski definition) is 4. The summed E-state index contributed by atoms with van der Waals surface area (Å²) in [5.41, 5.74) is 0. The molecule has 1 N–H and O–H groups in total. The molecule has 0 spiro atoms. The lowest BCUT2D eigenvalue weighted by Gasteiger charge is -2.35. The summed E-state index contributed by atoms with van der Waals surface area (Å²) in [7, 11) is 0. The zero-order valence-electron chi connectivity index (χ0n) is 11.0. The van der Waals surface area contributed by atoms with Gasteiger partial charge in [0.05, 0.1) is 12.6 Å². The number of nitrogens with zero attached hydrogens (tertiary/aromatic N) is 2. The summed E-state index contributed by atoms with van der Waals surface area (Å²) >= 11 is 0. The van der Waals surface area contributed by atoms with Crippen LogP contribution in [-0.2, 0) is 9.59 Å². The maximum absolute atomic E-state index is 12.1. The fraction of sp³-hybridized carbons (Fsp3) is 0.846. The van der Waals surface area contributed by atoms with Crippen molar-refractivity contribution >= 4 is 11.7 Å². The van der Waals surface area contributed by atoms with Crippen molar-refractivity contribution in [3.05, 3.63) is 0 Å². The number of likely N-dealkylation sites (tertiary alicyclic amines) is 2. The SMILES string of the molecule is CC1CN(CC(=O)N2CCC(=O)CC2)CCC1O. The number of Topliss-reactive ketones (excluding diaryl/α,β-unsaturated/α-hetero) is 1. The van der Waals surface area contributed by atoms with E-state index in [2.05, 4.69) is 4.90 Å². The molecule has 102 valence electrons. The minimum Gasteiger partial charge on any atom is -0.393 e. The van der Waals surface area contributed by atoms with Crippen molar-refractivity contribution in [2.75, 3.05) is 32.7 Å². The number of piperidine rings is 2. The number of amides is 1. The van der Waals surface area contributed by atoms with Crippen LogP contribution in [0.4, 0.5) is 0 Å². The minimum absolute atomic E-state index is 0.117. The summed E-state index contributed by atoms with van der Waals surface area (Å²) < 4.78 is 0. The lowest BCUT2D eigenvalue weighted by molar-refractivity contribution is -0.136. The van der Waals surface area contributed by atoms with Crippen LogP contribution in [0.1, 0.15) is 26.2 Å². The van der Waals surface area contributed by atoms with E-state index in [1.165, 1.54) is 0 Å². The molecule has 2 heterocycles. The molecule has 18 heavy (non-hydrogen) atoms. The Labute approximate surface area is 108 Å². The second-order valence-corrected chi connectivity index (χ2v) is 5.49. The molecule has 5 nitrogen and oxygen atoms in total. The third-order valence-corrected chi connectivity index (χ3v) is 3.98. The summed E-state index contributed by atoms with van der Waals surface area (Å²) in [4.78, 5) is 27.1. The molecule has 2 aliphatic rings. The van der Waals surface area contributed by atoms with Crippen LogP contribution in [0.15, 0.2) is 0 Å². The molecule has 2 saturated heterocycles.